The maximum absolute atomic E-state index is 8.75. The SMILES string of the molecule is COc1cccc(SCC(N)CO)c1. The third-order valence-corrected chi connectivity index (χ3v) is 2.92. The van der Waals surface area contributed by atoms with Crippen LogP contribution in [0.3, 0.4) is 0 Å². The predicted octanol–water partition coefficient (Wildman–Crippen LogP) is 1.11. The first-order chi connectivity index (χ1) is 6.76. The number of hydrogen-bond acceptors (Lipinski definition) is 4. The molecule has 78 valence electrons. The maximum atomic E-state index is 8.75. The first-order valence-electron chi connectivity index (χ1n) is 4.39. The second-order valence-electron chi connectivity index (χ2n) is 2.93. The van der Waals surface area contributed by atoms with Gasteiger partial charge in [-0.25, -0.2) is 0 Å². The Kier molecular flexibility index (Phi) is 4.79. The summed E-state index contributed by atoms with van der Waals surface area (Å²) < 4.78 is 5.09. The molecule has 14 heavy (non-hydrogen) atoms. The summed E-state index contributed by atoms with van der Waals surface area (Å²) in [5.41, 5.74) is 5.59. The summed E-state index contributed by atoms with van der Waals surface area (Å²) in [4.78, 5) is 1.10. The van der Waals surface area contributed by atoms with Crippen molar-refractivity contribution in [1.29, 1.82) is 0 Å². The van der Waals surface area contributed by atoms with E-state index >= 15 is 0 Å². The molecule has 4 heteroatoms. The number of aliphatic hydroxyl groups excluding tert-OH is 1. The maximum Gasteiger partial charge on any atom is 0.119 e. The van der Waals surface area contributed by atoms with Gasteiger partial charge in [0.15, 0.2) is 0 Å². The molecule has 0 aliphatic carbocycles. The van der Waals surface area contributed by atoms with Crippen LogP contribution >= 0.6 is 11.8 Å². The Labute approximate surface area is 88.3 Å². The summed E-state index contributed by atoms with van der Waals surface area (Å²) in [5, 5.41) is 8.75. The topological polar surface area (TPSA) is 55.5 Å². The summed E-state index contributed by atoms with van der Waals surface area (Å²) >= 11 is 1.62. The summed E-state index contributed by atoms with van der Waals surface area (Å²) in [7, 11) is 1.64. The number of hydrogen-bond donors (Lipinski definition) is 2. The number of aliphatic hydroxyl groups is 1. The normalized spacial score (nSPS) is 12.5. The molecule has 0 amide bonds. The van der Waals surface area contributed by atoms with Crippen molar-refractivity contribution in [3.63, 3.8) is 0 Å². The molecule has 0 aromatic heterocycles. The van der Waals surface area contributed by atoms with Crippen molar-refractivity contribution < 1.29 is 9.84 Å². The largest absolute Gasteiger partial charge is 0.497 e. The van der Waals surface area contributed by atoms with Crippen LogP contribution in [-0.2, 0) is 0 Å². The van der Waals surface area contributed by atoms with Gasteiger partial charge in [-0.2, -0.15) is 0 Å². The molecule has 1 unspecified atom stereocenters. The molecular weight excluding hydrogens is 198 g/mol. The minimum atomic E-state index is -0.161. The molecule has 0 fully saturated rings. The van der Waals surface area contributed by atoms with Gasteiger partial charge in [0.05, 0.1) is 13.7 Å². The summed E-state index contributed by atoms with van der Waals surface area (Å²) in [6.07, 6.45) is 0. The second-order valence-corrected chi connectivity index (χ2v) is 4.03. The van der Waals surface area contributed by atoms with Crippen molar-refractivity contribution in [2.75, 3.05) is 19.5 Å². The third-order valence-electron chi connectivity index (χ3n) is 1.74. The van der Waals surface area contributed by atoms with E-state index in [-0.39, 0.29) is 12.6 Å². The van der Waals surface area contributed by atoms with Crippen LogP contribution in [0.25, 0.3) is 0 Å². The zero-order chi connectivity index (χ0) is 10.4. The number of thioether (sulfide) groups is 1. The molecule has 0 radical (unpaired) electrons. The highest BCUT2D eigenvalue weighted by Crippen LogP contribution is 2.22. The average molecular weight is 213 g/mol. The minimum Gasteiger partial charge on any atom is -0.497 e. The highest BCUT2D eigenvalue weighted by atomic mass is 32.2. The van der Waals surface area contributed by atoms with Crippen LogP contribution in [0.2, 0.25) is 0 Å². The molecule has 0 aliphatic heterocycles. The molecule has 3 nitrogen and oxygen atoms in total. The average Bonchev–Trinajstić information content (AvgIpc) is 2.26. The number of benzene rings is 1. The molecule has 0 aliphatic rings. The number of nitrogens with two attached hydrogens (primary N) is 1. The van der Waals surface area contributed by atoms with Crippen LogP contribution in [0, 0.1) is 0 Å². The molecule has 0 saturated carbocycles. The van der Waals surface area contributed by atoms with Crippen molar-refractivity contribution in [2.45, 2.75) is 10.9 Å². The first-order valence-corrected chi connectivity index (χ1v) is 5.38. The van der Waals surface area contributed by atoms with Gasteiger partial charge in [0.2, 0.25) is 0 Å². The fourth-order valence-electron chi connectivity index (χ4n) is 0.947. The van der Waals surface area contributed by atoms with Crippen LogP contribution in [-0.4, -0.2) is 30.6 Å². The molecule has 0 heterocycles. The highest BCUT2D eigenvalue weighted by Gasteiger charge is 2.02. The third kappa shape index (κ3) is 3.57. The second kappa shape index (κ2) is 5.90. The van der Waals surface area contributed by atoms with Crippen molar-refractivity contribution in [3.05, 3.63) is 24.3 Å². The lowest BCUT2D eigenvalue weighted by molar-refractivity contribution is 0.275. The van der Waals surface area contributed by atoms with Crippen LogP contribution in [0.15, 0.2) is 29.2 Å². The van der Waals surface area contributed by atoms with Gasteiger partial charge in [-0.05, 0) is 18.2 Å². The van der Waals surface area contributed by atoms with Gasteiger partial charge in [0.25, 0.3) is 0 Å². The summed E-state index contributed by atoms with van der Waals surface area (Å²) in [6, 6.07) is 7.62. The standard InChI is InChI=1S/C10H15NO2S/c1-13-9-3-2-4-10(5-9)14-7-8(11)6-12/h2-5,8,12H,6-7,11H2,1H3. The van der Waals surface area contributed by atoms with Crippen molar-refractivity contribution in [1.82, 2.24) is 0 Å². The van der Waals surface area contributed by atoms with Gasteiger partial charge < -0.3 is 15.6 Å². The Bertz CT molecular complexity index is 281. The minimum absolute atomic E-state index is 0.0248. The quantitative estimate of drug-likeness (QED) is 0.719. The van der Waals surface area contributed by atoms with Gasteiger partial charge in [0, 0.05) is 16.7 Å². The monoisotopic (exact) mass is 213 g/mol. The predicted molar refractivity (Wildman–Crippen MR) is 58.8 cm³/mol. The number of methoxy groups -OCH3 is 1. The molecule has 0 spiro atoms. The van der Waals surface area contributed by atoms with Gasteiger partial charge in [-0.15, -0.1) is 11.8 Å². The molecule has 1 aromatic carbocycles. The molecule has 3 N–H and O–H groups in total. The summed E-state index contributed by atoms with van der Waals surface area (Å²) in [5.74, 6) is 1.55. The van der Waals surface area contributed by atoms with E-state index in [1.54, 1.807) is 18.9 Å². The van der Waals surface area contributed by atoms with Gasteiger partial charge in [-0.1, -0.05) is 6.07 Å². The fraction of sp³-hybridized carbons (Fsp3) is 0.400. The van der Waals surface area contributed by atoms with Crippen LogP contribution in [0.5, 0.6) is 5.75 Å². The molecular formula is C10H15NO2S. The van der Waals surface area contributed by atoms with E-state index in [4.69, 9.17) is 15.6 Å². The number of rotatable bonds is 5. The van der Waals surface area contributed by atoms with Gasteiger partial charge in [0.1, 0.15) is 5.75 Å². The Hall–Kier alpha value is -0.710. The van der Waals surface area contributed by atoms with E-state index in [1.807, 2.05) is 24.3 Å². The highest BCUT2D eigenvalue weighted by molar-refractivity contribution is 7.99. The zero-order valence-electron chi connectivity index (χ0n) is 8.14. The lowest BCUT2D eigenvalue weighted by Gasteiger charge is -2.08. The van der Waals surface area contributed by atoms with Crippen molar-refractivity contribution in [3.8, 4) is 5.75 Å². The Morgan fingerprint density at radius 2 is 2.36 bits per heavy atom. The lowest BCUT2D eigenvalue weighted by atomic mass is 10.3. The molecule has 1 atom stereocenters. The first kappa shape index (κ1) is 11.4. The van der Waals surface area contributed by atoms with E-state index in [2.05, 4.69) is 0 Å². The van der Waals surface area contributed by atoms with Crippen molar-refractivity contribution >= 4 is 11.8 Å². The van der Waals surface area contributed by atoms with Gasteiger partial charge in [-0.3, -0.25) is 0 Å². The number of ether oxygens (including phenoxy) is 1. The van der Waals surface area contributed by atoms with Crippen LogP contribution < -0.4 is 10.5 Å². The van der Waals surface area contributed by atoms with Crippen LogP contribution in [0.1, 0.15) is 0 Å². The molecule has 0 bridgehead atoms. The van der Waals surface area contributed by atoms with E-state index < -0.39 is 0 Å². The summed E-state index contributed by atoms with van der Waals surface area (Å²) in [6.45, 7) is 0.0248. The molecule has 1 aromatic rings. The smallest absolute Gasteiger partial charge is 0.119 e. The Morgan fingerprint density at radius 1 is 1.57 bits per heavy atom. The van der Waals surface area contributed by atoms with E-state index in [1.165, 1.54) is 0 Å². The van der Waals surface area contributed by atoms with E-state index in [0.717, 1.165) is 10.6 Å². The Balaban J connectivity index is 2.50. The zero-order valence-corrected chi connectivity index (χ0v) is 8.96. The lowest BCUT2D eigenvalue weighted by Crippen LogP contribution is -2.26. The van der Waals surface area contributed by atoms with E-state index in [9.17, 15) is 0 Å². The Morgan fingerprint density at radius 3 is 3.00 bits per heavy atom. The molecule has 0 saturated heterocycles. The van der Waals surface area contributed by atoms with Gasteiger partial charge >= 0.3 is 0 Å². The fourth-order valence-corrected chi connectivity index (χ4v) is 1.83. The van der Waals surface area contributed by atoms with E-state index in [0.29, 0.717) is 5.75 Å². The van der Waals surface area contributed by atoms with Crippen LogP contribution in [0.4, 0.5) is 0 Å². The van der Waals surface area contributed by atoms with Crippen molar-refractivity contribution in [2.24, 2.45) is 5.73 Å². The molecule has 1 rings (SSSR count).